The Morgan fingerprint density at radius 3 is 2.81 bits per heavy atom. The molecule has 1 amide bonds. The van der Waals surface area contributed by atoms with Crippen LogP contribution in [0.15, 0.2) is 47.6 Å². The van der Waals surface area contributed by atoms with Gasteiger partial charge in [0.1, 0.15) is 11.6 Å². The van der Waals surface area contributed by atoms with Crippen LogP contribution in [0.4, 0.5) is 8.78 Å². The van der Waals surface area contributed by atoms with Crippen molar-refractivity contribution in [3.8, 4) is 0 Å². The zero-order valence-corrected chi connectivity index (χ0v) is 18.3. The predicted molar refractivity (Wildman–Crippen MR) is 118 cm³/mol. The molecule has 0 saturated carbocycles. The molecular weight excluding hydrogens is 434 g/mol. The van der Waals surface area contributed by atoms with Crippen molar-refractivity contribution in [2.24, 2.45) is 0 Å². The molecule has 1 aromatic heterocycles. The molecule has 2 saturated heterocycles. The van der Waals surface area contributed by atoms with E-state index in [0.29, 0.717) is 39.3 Å². The second-order valence-electron chi connectivity index (χ2n) is 8.15. The van der Waals surface area contributed by atoms with Crippen LogP contribution in [0.25, 0.3) is 11.0 Å². The number of halogens is 2. The summed E-state index contributed by atoms with van der Waals surface area (Å²) < 4.78 is 33.5. The molecule has 0 bridgehead atoms. The summed E-state index contributed by atoms with van der Waals surface area (Å²) in [6, 6.07) is 10.9. The van der Waals surface area contributed by atoms with Crippen molar-refractivity contribution in [1.29, 1.82) is 0 Å². The number of carbonyl (C=O) groups excluding carboxylic acids is 1. The summed E-state index contributed by atoms with van der Waals surface area (Å²) in [4.78, 5) is 25.1. The smallest absolute Gasteiger partial charge is 0.240 e. The lowest BCUT2D eigenvalue weighted by atomic mass is 10.1. The molecule has 0 unspecified atom stereocenters. The zero-order chi connectivity index (χ0) is 22.1. The monoisotopic (exact) mass is 458 g/mol. The van der Waals surface area contributed by atoms with Crippen molar-refractivity contribution in [3.05, 3.63) is 59.7 Å². The van der Waals surface area contributed by atoms with E-state index in [9.17, 15) is 13.6 Å². The van der Waals surface area contributed by atoms with Crippen molar-refractivity contribution in [2.45, 2.75) is 29.4 Å². The Bertz CT molecular complexity index is 1090. The van der Waals surface area contributed by atoms with E-state index < -0.39 is 17.7 Å². The average Bonchev–Trinajstić information content (AvgIpc) is 3.39. The van der Waals surface area contributed by atoms with Gasteiger partial charge < -0.3 is 14.6 Å². The minimum Gasteiger partial charge on any atom is -0.378 e. The molecule has 2 aromatic carbocycles. The second-order valence-corrected chi connectivity index (χ2v) is 9.44. The highest BCUT2D eigenvalue weighted by molar-refractivity contribution is 7.99. The highest BCUT2D eigenvalue weighted by atomic mass is 32.2. The Kier molecular flexibility index (Phi) is 6.12. The molecule has 32 heavy (non-hydrogen) atoms. The highest BCUT2D eigenvalue weighted by Crippen LogP contribution is 2.34. The third-order valence-corrected chi connectivity index (χ3v) is 7.09. The molecule has 0 radical (unpaired) electrons. The Hall–Kier alpha value is -2.49. The van der Waals surface area contributed by atoms with E-state index in [0.717, 1.165) is 28.3 Å². The maximum atomic E-state index is 14.3. The minimum atomic E-state index is -0.482. The van der Waals surface area contributed by atoms with E-state index >= 15 is 0 Å². The van der Waals surface area contributed by atoms with Crippen molar-refractivity contribution in [3.63, 3.8) is 0 Å². The Morgan fingerprint density at radius 1 is 1.19 bits per heavy atom. The number of amides is 1. The van der Waals surface area contributed by atoms with Gasteiger partial charge in [-0.3, -0.25) is 9.69 Å². The van der Waals surface area contributed by atoms with E-state index in [4.69, 9.17) is 4.74 Å². The Balaban J connectivity index is 1.36. The lowest BCUT2D eigenvalue weighted by Gasteiger charge is -2.32. The first kappa shape index (κ1) is 21.4. The van der Waals surface area contributed by atoms with Crippen LogP contribution in [-0.4, -0.2) is 69.8 Å². The number of fused-ring (bicyclic) bond motifs is 1. The molecule has 1 N–H and O–H groups in total. The fourth-order valence-corrected chi connectivity index (χ4v) is 5.58. The van der Waals surface area contributed by atoms with Gasteiger partial charge in [-0.25, -0.2) is 13.8 Å². The normalized spacial score (nSPS) is 22.0. The molecule has 0 spiro atoms. The molecule has 0 aliphatic carbocycles. The van der Waals surface area contributed by atoms with Crippen molar-refractivity contribution in [1.82, 2.24) is 19.8 Å². The Morgan fingerprint density at radius 2 is 2.00 bits per heavy atom. The number of hydrogen-bond donors (Lipinski definition) is 1. The number of nitrogens with zero attached hydrogens (tertiary/aromatic N) is 3. The largest absolute Gasteiger partial charge is 0.378 e. The third-order valence-electron chi connectivity index (χ3n) is 6.00. The molecule has 168 valence electrons. The molecule has 9 heteroatoms. The maximum absolute atomic E-state index is 14.3. The quantitative estimate of drug-likeness (QED) is 0.635. The summed E-state index contributed by atoms with van der Waals surface area (Å²) in [6.45, 7) is 2.92. The fourth-order valence-electron chi connectivity index (χ4n) is 4.40. The number of likely N-dealkylation sites (tertiary alicyclic amines) is 1. The number of aromatic nitrogens is 2. The van der Waals surface area contributed by atoms with Crippen LogP contribution in [0.1, 0.15) is 12.0 Å². The van der Waals surface area contributed by atoms with Crippen LogP contribution in [-0.2, 0) is 16.1 Å². The minimum absolute atomic E-state index is 0.0258. The van der Waals surface area contributed by atoms with Crippen LogP contribution >= 0.6 is 11.8 Å². The van der Waals surface area contributed by atoms with Gasteiger partial charge in [0.25, 0.3) is 0 Å². The first-order valence-electron chi connectivity index (χ1n) is 10.7. The standard InChI is InChI=1S/C23H24F2N4O2S/c24-16-5-6-18(25)15(11-16)13-29-14-17(12-21(29)22(30)28-7-9-31-10-8-28)32-23-26-19-3-1-2-4-20(19)27-23/h1-6,11,17,21H,7-10,12-14H2,(H,26,27)/t17-,21+/m1/s1. The van der Waals surface area contributed by atoms with Gasteiger partial charge in [-0.2, -0.15) is 0 Å². The number of imidazole rings is 1. The number of ether oxygens (including phenoxy) is 1. The molecule has 2 aliphatic rings. The molecule has 5 rings (SSSR count). The summed E-state index contributed by atoms with van der Waals surface area (Å²) in [5.74, 6) is -0.917. The summed E-state index contributed by atoms with van der Waals surface area (Å²) in [7, 11) is 0. The lowest BCUT2D eigenvalue weighted by Crippen LogP contribution is -2.49. The molecule has 6 nitrogen and oxygen atoms in total. The van der Waals surface area contributed by atoms with E-state index in [1.54, 1.807) is 11.8 Å². The van der Waals surface area contributed by atoms with E-state index in [-0.39, 0.29) is 23.3 Å². The number of thioether (sulfide) groups is 1. The van der Waals surface area contributed by atoms with Gasteiger partial charge in [-0.1, -0.05) is 23.9 Å². The number of morpholine rings is 1. The second kappa shape index (κ2) is 9.17. The summed E-state index contributed by atoms with van der Waals surface area (Å²) in [5.41, 5.74) is 2.12. The molecule has 2 atom stereocenters. The summed E-state index contributed by atoms with van der Waals surface area (Å²) >= 11 is 1.59. The first-order valence-corrected chi connectivity index (χ1v) is 11.6. The van der Waals surface area contributed by atoms with Crippen molar-refractivity contribution >= 4 is 28.7 Å². The molecule has 3 heterocycles. The molecule has 2 aliphatic heterocycles. The van der Waals surface area contributed by atoms with E-state index in [1.807, 2.05) is 34.1 Å². The first-order chi connectivity index (χ1) is 15.6. The number of carbonyl (C=O) groups is 1. The van der Waals surface area contributed by atoms with Crippen molar-refractivity contribution in [2.75, 3.05) is 32.8 Å². The van der Waals surface area contributed by atoms with Crippen LogP contribution in [0.3, 0.4) is 0 Å². The number of benzene rings is 2. The number of H-pyrrole nitrogens is 1. The van der Waals surface area contributed by atoms with Crippen LogP contribution in [0.2, 0.25) is 0 Å². The lowest BCUT2D eigenvalue weighted by molar-refractivity contribution is -0.140. The van der Waals surface area contributed by atoms with Gasteiger partial charge >= 0.3 is 0 Å². The summed E-state index contributed by atoms with van der Waals surface area (Å²) in [5, 5.41) is 0.898. The van der Waals surface area contributed by atoms with E-state index in [1.165, 1.54) is 6.07 Å². The van der Waals surface area contributed by atoms with Gasteiger partial charge in [0.05, 0.1) is 30.3 Å². The number of hydrogen-bond acceptors (Lipinski definition) is 5. The maximum Gasteiger partial charge on any atom is 0.240 e. The highest BCUT2D eigenvalue weighted by Gasteiger charge is 2.40. The SMILES string of the molecule is O=C([C@@H]1C[C@@H](Sc2nc3ccccc3[nH]2)CN1Cc1cc(F)ccc1F)N1CCOCC1. The van der Waals surface area contributed by atoms with Gasteiger partial charge in [0.2, 0.25) is 5.91 Å². The van der Waals surface area contributed by atoms with Gasteiger partial charge in [-0.05, 0) is 36.8 Å². The zero-order valence-electron chi connectivity index (χ0n) is 17.5. The molecule has 3 aromatic rings. The van der Waals surface area contributed by atoms with Gasteiger partial charge in [0.15, 0.2) is 5.16 Å². The molecular formula is C23H24F2N4O2S. The molecule has 2 fully saturated rings. The van der Waals surface area contributed by atoms with Crippen molar-refractivity contribution < 1.29 is 18.3 Å². The summed E-state index contributed by atoms with van der Waals surface area (Å²) in [6.07, 6.45) is 0.620. The van der Waals surface area contributed by atoms with Crippen LogP contribution in [0.5, 0.6) is 0 Å². The topological polar surface area (TPSA) is 61.5 Å². The average molecular weight is 459 g/mol. The van der Waals surface area contributed by atoms with Crippen LogP contribution < -0.4 is 0 Å². The third kappa shape index (κ3) is 4.51. The van der Waals surface area contributed by atoms with E-state index in [2.05, 4.69) is 9.97 Å². The number of rotatable bonds is 5. The Labute approximate surface area is 188 Å². The van der Waals surface area contributed by atoms with Gasteiger partial charge in [0, 0.05) is 37.0 Å². The number of para-hydroxylation sites is 2. The van der Waals surface area contributed by atoms with Crippen LogP contribution in [0, 0.1) is 11.6 Å². The number of aromatic amines is 1. The van der Waals surface area contributed by atoms with Gasteiger partial charge in [-0.15, -0.1) is 0 Å². The number of nitrogens with one attached hydrogen (secondary N) is 1. The fraction of sp³-hybridized carbons (Fsp3) is 0.391. The predicted octanol–water partition coefficient (Wildman–Crippen LogP) is 3.44.